The molecule has 0 unspecified atom stereocenters. The highest BCUT2D eigenvalue weighted by atomic mass is 32.2. The van der Waals surface area contributed by atoms with Gasteiger partial charge in [0.05, 0.1) is 5.69 Å². The Balaban J connectivity index is 2.23. The molecule has 1 saturated heterocycles. The third kappa shape index (κ3) is 3.45. The number of nitrogens with one attached hydrogen (secondary N) is 1. The third-order valence-corrected chi connectivity index (χ3v) is 4.10. The zero-order valence-electron chi connectivity index (χ0n) is 10.8. The number of likely N-dealkylation sites (tertiary alicyclic amines) is 1. The zero-order chi connectivity index (χ0) is 14.8. The highest BCUT2D eigenvalue weighted by Gasteiger charge is 2.20. The van der Waals surface area contributed by atoms with Crippen molar-refractivity contribution in [2.75, 3.05) is 18.4 Å². The van der Waals surface area contributed by atoms with Gasteiger partial charge >= 0.3 is 6.03 Å². The first kappa shape index (κ1) is 14.7. The van der Waals surface area contributed by atoms with E-state index in [0.717, 1.165) is 37.5 Å². The van der Waals surface area contributed by atoms with E-state index in [1.54, 1.807) is 4.90 Å². The van der Waals surface area contributed by atoms with E-state index < -0.39 is 21.9 Å². The maximum absolute atomic E-state index is 13.2. The molecule has 1 aromatic carbocycles. The molecule has 1 heterocycles. The number of nitrogens with two attached hydrogens (primary N) is 1. The van der Waals surface area contributed by atoms with E-state index in [1.807, 2.05) is 0 Å². The van der Waals surface area contributed by atoms with Crippen LogP contribution in [0.4, 0.5) is 14.9 Å². The fourth-order valence-electron chi connectivity index (χ4n) is 2.14. The van der Waals surface area contributed by atoms with Crippen molar-refractivity contribution in [1.82, 2.24) is 4.90 Å². The summed E-state index contributed by atoms with van der Waals surface area (Å²) >= 11 is 0. The summed E-state index contributed by atoms with van der Waals surface area (Å²) in [5.41, 5.74) is -0.136. The minimum atomic E-state index is -4.03. The summed E-state index contributed by atoms with van der Waals surface area (Å²) in [4.78, 5) is 13.3. The normalized spacial score (nSPS) is 16.0. The lowest BCUT2D eigenvalue weighted by Gasteiger charge is -2.27. The van der Waals surface area contributed by atoms with Gasteiger partial charge in [-0.15, -0.1) is 0 Å². The molecule has 0 aliphatic carbocycles. The van der Waals surface area contributed by atoms with E-state index in [0.29, 0.717) is 13.1 Å². The van der Waals surface area contributed by atoms with E-state index in [4.69, 9.17) is 5.14 Å². The van der Waals surface area contributed by atoms with E-state index in [1.165, 1.54) is 0 Å². The van der Waals surface area contributed by atoms with Gasteiger partial charge < -0.3 is 10.2 Å². The number of carbonyl (C=O) groups excluding carboxylic acids is 1. The first-order chi connectivity index (χ1) is 9.38. The van der Waals surface area contributed by atoms with Crippen LogP contribution in [0.15, 0.2) is 23.1 Å². The maximum Gasteiger partial charge on any atom is 0.321 e. The molecule has 1 aliphatic rings. The molecule has 0 spiro atoms. The number of hydrogen-bond acceptors (Lipinski definition) is 3. The Labute approximate surface area is 116 Å². The number of carbonyl (C=O) groups is 1. The van der Waals surface area contributed by atoms with Gasteiger partial charge in [0.1, 0.15) is 10.7 Å². The van der Waals surface area contributed by atoms with Crippen LogP contribution >= 0.6 is 0 Å². The molecule has 0 aromatic heterocycles. The lowest BCUT2D eigenvalue weighted by atomic mass is 10.1. The summed E-state index contributed by atoms with van der Waals surface area (Å²) in [6.07, 6.45) is 2.86. The van der Waals surface area contributed by atoms with E-state index in [2.05, 4.69) is 5.32 Å². The second-order valence-corrected chi connectivity index (χ2v) is 6.19. The molecule has 3 N–H and O–H groups in total. The Bertz CT molecular complexity index is 612. The van der Waals surface area contributed by atoms with Gasteiger partial charge in [-0.25, -0.2) is 22.7 Å². The molecule has 0 saturated carbocycles. The van der Waals surface area contributed by atoms with Crippen LogP contribution in [-0.4, -0.2) is 32.4 Å². The van der Waals surface area contributed by atoms with Gasteiger partial charge in [0.2, 0.25) is 10.0 Å². The molecule has 1 aliphatic heterocycles. The number of nitrogens with zero attached hydrogens (tertiary/aromatic N) is 1. The van der Waals surface area contributed by atoms with Gasteiger partial charge in [0.15, 0.2) is 0 Å². The van der Waals surface area contributed by atoms with Crippen LogP contribution in [0.2, 0.25) is 0 Å². The van der Waals surface area contributed by atoms with Crippen molar-refractivity contribution in [3.05, 3.63) is 24.0 Å². The number of piperidine rings is 1. The highest BCUT2D eigenvalue weighted by molar-refractivity contribution is 7.89. The predicted octanol–water partition coefficient (Wildman–Crippen LogP) is 1.49. The summed E-state index contributed by atoms with van der Waals surface area (Å²) in [7, 11) is -4.03. The molecular weight excluding hydrogens is 285 g/mol. The topological polar surface area (TPSA) is 92.5 Å². The molecule has 6 nitrogen and oxygen atoms in total. The van der Waals surface area contributed by atoms with E-state index >= 15 is 0 Å². The Hall–Kier alpha value is -1.67. The van der Waals surface area contributed by atoms with Gasteiger partial charge in [0.25, 0.3) is 0 Å². The first-order valence-electron chi connectivity index (χ1n) is 6.26. The summed E-state index contributed by atoms with van der Waals surface area (Å²) in [5.74, 6) is -0.647. The van der Waals surface area contributed by atoms with Crippen LogP contribution in [0.3, 0.4) is 0 Å². The third-order valence-electron chi connectivity index (χ3n) is 3.13. The average Bonchev–Trinajstić information content (AvgIpc) is 2.38. The monoisotopic (exact) mass is 301 g/mol. The number of hydrogen-bond donors (Lipinski definition) is 2. The number of anilines is 1. The molecule has 1 fully saturated rings. The van der Waals surface area contributed by atoms with Crippen LogP contribution in [-0.2, 0) is 10.0 Å². The number of sulfonamides is 1. The fourth-order valence-corrected chi connectivity index (χ4v) is 2.81. The SMILES string of the molecule is NS(=O)(=O)c1ccc(F)cc1NC(=O)N1CCCCC1. The van der Waals surface area contributed by atoms with E-state index in [-0.39, 0.29) is 10.6 Å². The predicted molar refractivity (Wildman–Crippen MR) is 72.2 cm³/mol. The van der Waals surface area contributed by atoms with Crippen molar-refractivity contribution in [2.24, 2.45) is 5.14 Å². The zero-order valence-corrected chi connectivity index (χ0v) is 11.6. The van der Waals surface area contributed by atoms with Crippen molar-refractivity contribution in [3.63, 3.8) is 0 Å². The van der Waals surface area contributed by atoms with Gasteiger partial charge in [0, 0.05) is 13.1 Å². The highest BCUT2D eigenvalue weighted by Crippen LogP contribution is 2.22. The Kier molecular flexibility index (Phi) is 4.24. The molecule has 0 bridgehead atoms. The van der Waals surface area contributed by atoms with Crippen molar-refractivity contribution in [1.29, 1.82) is 0 Å². The second kappa shape index (κ2) is 5.76. The number of amides is 2. The van der Waals surface area contributed by atoms with Crippen molar-refractivity contribution in [3.8, 4) is 0 Å². The molecule has 0 radical (unpaired) electrons. The number of benzene rings is 1. The van der Waals surface area contributed by atoms with Gasteiger partial charge in [-0.05, 0) is 37.5 Å². The lowest BCUT2D eigenvalue weighted by Crippen LogP contribution is -2.39. The summed E-state index contributed by atoms with van der Waals surface area (Å²) in [6.45, 7) is 1.21. The molecule has 1 aromatic rings. The van der Waals surface area contributed by atoms with Crippen LogP contribution in [0.5, 0.6) is 0 Å². The van der Waals surface area contributed by atoms with Gasteiger partial charge in [-0.2, -0.15) is 0 Å². The molecule has 2 amide bonds. The quantitative estimate of drug-likeness (QED) is 0.866. The molecule has 0 atom stereocenters. The van der Waals surface area contributed by atoms with Crippen LogP contribution in [0.25, 0.3) is 0 Å². The molecule has 20 heavy (non-hydrogen) atoms. The number of rotatable bonds is 2. The Morgan fingerprint density at radius 2 is 1.90 bits per heavy atom. The van der Waals surface area contributed by atoms with E-state index in [9.17, 15) is 17.6 Å². The number of urea groups is 1. The smallest absolute Gasteiger partial charge is 0.321 e. The lowest BCUT2D eigenvalue weighted by molar-refractivity contribution is 0.200. The van der Waals surface area contributed by atoms with Crippen molar-refractivity contribution < 1.29 is 17.6 Å². The molecule has 8 heteroatoms. The standard InChI is InChI=1S/C12H16FN3O3S/c13-9-4-5-11(20(14,18)19)10(8-9)15-12(17)16-6-2-1-3-7-16/h4-5,8H,1-3,6-7H2,(H,15,17)(H2,14,18,19). The Morgan fingerprint density at radius 1 is 1.25 bits per heavy atom. The average molecular weight is 301 g/mol. The minimum absolute atomic E-state index is 0.136. The van der Waals surface area contributed by atoms with Gasteiger partial charge in [-0.3, -0.25) is 0 Å². The molecular formula is C12H16FN3O3S. The minimum Gasteiger partial charge on any atom is -0.325 e. The summed E-state index contributed by atoms with van der Waals surface area (Å²) in [6, 6.07) is 2.52. The Morgan fingerprint density at radius 3 is 2.50 bits per heavy atom. The van der Waals surface area contributed by atoms with Crippen LogP contribution in [0.1, 0.15) is 19.3 Å². The first-order valence-corrected chi connectivity index (χ1v) is 7.81. The maximum atomic E-state index is 13.2. The number of halogens is 1. The summed E-state index contributed by atoms with van der Waals surface area (Å²) in [5, 5.41) is 7.46. The van der Waals surface area contributed by atoms with Gasteiger partial charge in [-0.1, -0.05) is 0 Å². The summed E-state index contributed by atoms with van der Waals surface area (Å²) < 4.78 is 36.1. The second-order valence-electron chi connectivity index (χ2n) is 4.66. The molecule has 2 rings (SSSR count). The van der Waals surface area contributed by atoms with Crippen molar-refractivity contribution >= 4 is 21.7 Å². The van der Waals surface area contributed by atoms with Crippen molar-refractivity contribution in [2.45, 2.75) is 24.2 Å². The van der Waals surface area contributed by atoms with Crippen LogP contribution < -0.4 is 10.5 Å². The fraction of sp³-hybridized carbons (Fsp3) is 0.417. The largest absolute Gasteiger partial charge is 0.325 e. The molecule has 110 valence electrons. The van der Waals surface area contributed by atoms with Crippen LogP contribution in [0, 0.1) is 5.82 Å². The number of primary sulfonamides is 1.